The fourth-order valence-electron chi connectivity index (χ4n) is 2.78. The number of fused-ring (bicyclic) bond motifs is 1. The van der Waals surface area contributed by atoms with Crippen LogP contribution in [0.15, 0.2) is 36.5 Å². The Kier molecular flexibility index (Phi) is 6.85. The van der Waals surface area contributed by atoms with Crippen molar-refractivity contribution in [2.45, 2.75) is 26.2 Å². The maximum absolute atomic E-state index is 12.6. The molecule has 0 atom stereocenters. The van der Waals surface area contributed by atoms with Gasteiger partial charge in [-0.25, -0.2) is 0 Å². The summed E-state index contributed by atoms with van der Waals surface area (Å²) in [5, 5.41) is 0. The third-order valence-electron chi connectivity index (χ3n) is 3.92. The Morgan fingerprint density at radius 1 is 1.26 bits per heavy atom. The molecule has 2 heterocycles. The molecule has 0 aliphatic carbocycles. The summed E-state index contributed by atoms with van der Waals surface area (Å²) in [6.07, 6.45) is 4.05. The standard InChI is InChI=1S/C17H19N3O.2ClH/c1-12-7-8-13(11-19-12)10-17(21)20-9-3-4-14-15(18)5-2-6-16(14)20;;/h2,5-8,11H,3-4,9-10,18H2,1H3;2*1H. The van der Waals surface area contributed by atoms with Crippen molar-refractivity contribution in [1.82, 2.24) is 4.98 Å². The Bertz CT molecular complexity index is 674. The molecule has 2 aromatic rings. The molecule has 0 bridgehead atoms. The number of halogens is 2. The summed E-state index contributed by atoms with van der Waals surface area (Å²) in [7, 11) is 0. The number of aryl methyl sites for hydroxylation is 1. The molecule has 1 aromatic heterocycles. The van der Waals surface area contributed by atoms with Crippen molar-refractivity contribution in [3.8, 4) is 0 Å². The van der Waals surface area contributed by atoms with Crippen molar-refractivity contribution in [2.75, 3.05) is 17.2 Å². The van der Waals surface area contributed by atoms with E-state index in [-0.39, 0.29) is 30.7 Å². The second-order valence-electron chi connectivity index (χ2n) is 5.48. The van der Waals surface area contributed by atoms with Gasteiger partial charge in [0.15, 0.2) is 0 Å². The van der Waals surface area contributed by atoms with Crippen LogP contribution in [-0.4, -0.2) is 17.4 Å². The summed E-state index contributed by atoms with van der Waals surface area (Å²) >= 11 is 0. The average molecular weight is 354 g/mol. The Hall–Kier alpha value is -1.78. The summed E-state index contributed by atoms with van der Waals surface area (Å²) < 4.78 is 0. The zero-order valence-corrected chi connectivity index (χ0v) is 14.6. The van der Waals surface area contributed by atoms with E-state index >= 15 is 0 Å². The van der Waals surface area contributed by atoms with Gasteiger partial charge in [0.1, 0.15) is 0 Å². The van der Waals surface area contributed by atoms with E-state index in [2.05, 4.69) is 4.98 Å². The molecule has 0 saturated carbocycles. The minimum atomic E-state index is 0. The Morgan fingerprint density at radius 3 is 2.74 bits per heavy atom. The fourth-order valence-corrected chi connectivity index (χ4v) is 2.78. The van der Waals surface area contributed by atoms with Crippen LogP contribution in [0.3, 0.4) is 0 Å². The predicted molar refractivity (Wildman–Crippen MR) is 98.7 cm³/mol. The predicted octanol–water partition coefficient (Wildman–Crippen LogP) is 3.34. The van der Waals surface area contributed by atoms with Crippen LogP contribution in [0.1, 0.15) is 23.2 Å². The zero-order chi connectivity index (χ0) is 14.8. The van der Waals surface area contributed by atoms with Gasteiger partial charge in [0.2, 0.25) is 5.91 Å². The lowest BCUT2D eigenvalue weighted by atomic mass is 9.99. The van der Waals surface area contributed by atoms with Crippen LogP contribution in [0.25, 0.3) is 0 Å². The molecule has 1 amide bonds. The maximum Gasteiger partial charge on any atom is 0.231 e. The number of anilines is 2. The first-order chi connectivity index (χ1) is 10.1. The second kappa shape index (κ2) is 8.18. The van der Waals surface area contributed by atoms with Crippen LogP contribution in [0, 0.1) is 6.92 Å². The lowest BCUT2D eigenvalue weighted by Gasteiger charge is -2.30. The van der Waals surface area contributed by atoms with Gasteiger partial charge in [-0.15, -0.1) is 24.8 Å². The molecular weight excluding hydrogens is 333 g/mol. The number of benzene rings is 1. The molecule has 1 aromatic carbocycles. The highest BCUT2D eigenvalue weighted by Crippen LogP contribution is 2.31. The number of nitrogens with two attached hydrogens (primary N) is 1. The number of rotatable bonds is 2. The van der Waals surface area contributed by atoms with Gasteiger partial charge in [-0.2, -0.15) is 0 Å². The van der Waals surface area contributed by atoms with E-state index in [1.165, 1.54) is 0 Å². The monoisotopic (exact) mass is 353 g/mol. The quantitative estimate of drug-likeness (QED) is 0.842. The van der Waals surface area contributed by atoms with Crippen molar-refractivity contribution in [3.63, 3.8) is 0 Å². The molecule has 2 N–H and O–H groups in total. The molecule has 23 heavy (non-hydrogen) atoms. The molecule has 0 spiro atoms. The van der Waals surface area contributed by atoms with Crippen molar-refractivity contribution in [2.24, 2.45) is 0 Å². The van der Waals surface area contributed by atoms with E-state index in [1.807, 2.05) is 42.2 Å². The minimum Gasteiger partial charge on any atom is -0.398 e. The van der Waals surface area contributed by atoms with E-state index in [1.54, 1.807) is 6.20 Å². The van der Waals surface area contributed by atoms with Crippen LogP contribution in [0.4, 0.5) is 11.4 Å². The van der Waals surface area contributed by atoms with Crippen molar-refractivity contribution in [3.05, 3.63) is 53.3 Å². The van der Waals surface area contributed by atoms with Gasteiger partial charge in [-0.05, 0) is 49.1 Å². The third kappa shape index (κ3) is 4.15. The lowest BCUT2D eigenvalue weighted by molar-refractivity contribution is -0.118. The summed E-state index contributed by atoms with van der Waals surface area (Å²) in [4.78, 5) is 18.7. The summed E-state index contributed by atoms with van der Waals surface area (Å²) in [5.74, 6) is 0.104. The zero-order valence-electron chi connectivity index (χ0n) is 13.0. The molecule has 3 rings (SSSR count). The maximum atomic E-state index is 12.6. The first-order valence-electron chi connectivity index (χ1n) is 7.24. The topological polar surface area (TPSA) is 59.2 Å². The first kappa shape index (κ1) is 19.3. The highest BCUT2D eigenvalue weighted by Gasteiger charge is 2.23. The number of pyridine rings is 1. The molecule has 0 fully saturated rings. The van der Waals surface area contributed by atoms with Gasteiger partial charge < -0.3 is 10.6 Å². The molecule has 1 aliphatic rings. The molecule has 0 unspecified atom stereocenters. The van der Waals surface area contributed by atoms with Crippen LogP contribution in [-0.2, 0) is 17.6 Å². The molecule has 124 valence electrons. The van der Waals surface area contributed by atoms with Crippen molar-refractivity contribution < 1.29 is 4.79 Å². The number of carbonyl (C=O) groups is 1. The Morgan fingerprint density at radius 2 is 2.04 bits per heavy atom. The van der Waals surface area contributed by atoms with E-state index in [0.29, 0.717) is 6.42 Å². The van der Waals surface area contributed by atoms with Crippen LogP contribution in [0.2, 0.25) is 0 Å². The number of carbonyl (C=O) groups excluding carboxylic acids is 1. The second-order valence-corrected chi connectivity index (χ2v) is 5.48. The van der Waals surface area contributed by atoms with E-state index in [0.717, 1.165) is 47.6 Å². The van der Waals surface area contributed by atoms with Crippen LogP contribution < -0.4 is 10.6 Å². The summed E-state index contributed by atoms with van der Waals surface area (Å²) in [5.41, 5.74) is 10.8. The van der Waals surface area contributed by atoms with Gasteiger partial charge in [0.05, 0.1) is 6.42 Å². The molecule has 0 saturated heterocycles. The number of hydrogen-bond donors (Lipinski definition) is 1. The highest BCUT2D eigenvalue weighted by atomic mass is 35.5. The van der Waals surface area contributed by atoms with Gasteiger partial charge in [-0.3, -0.25) is 9.78 Å². The number of hydrogen-bond acceptors (Lipinski definition) is 3. The smallest absolute Gasteiger partial charge is 0.231 e. The van der Waals surface area contributed by atoms with Crippen molar-refractivity contribution >= 4 is 42.1 Å². The minimum absolute atomic E-state index is 0. The van der Waals surface area contributed by atoms with Crippen molar-refractivity contribution in [1.29, 1.82) is 0 Å². The average Bonchev–Trinajstić information content (AvgIpc) is 2.49. The van der Waals surface area contributed by atoms with Gasteiger partial charge in [-0.1, -0.05) is 12.1 Å². The van der Waals surface area contributed by atoms with Gasteiger partial charge in [0.25, 0.3) is 0 Å². The molecule has 0 radical (unpaired) electrons. The molecule has 1 aliphatic heterocycles. The summed E-state index contributed by atoms with van der Waals surface area (Å²) in [6.45, 7) is 2.70. The number of nitrogens with zero attached hydrogens (tertiary/aromatic N) is 2. The lowest BCUT2D eigenvalue weighted by Crippen LogP contribution is -2.36. The van der Waals surface area contributed by atoms with E-state index < -0.39 is 0 Å². The van der Waals surface area contributed by atoms with Crippen LogP contribution >= 0.6 is 24.8 Å². The highest BCUT2D eigenvalue weighted by molar-refractivity contribution is 5.96. The fraction of sp³-hybridized carbons (Fsp3) is 0.294. The number of nitrogen functional groups attached to an aromatic ring is 1. The normalized spacial score (nSPS) is 12.7. The molecular formula is C17H21Cl2N3O. The Balaban J connectivity index is 0.00000132. The molecule has 6 heteroatoms. The van der Waals surface area contributed by atoms with E-state index in [4.69, 9.17) is 5.73 Å². The number of amides is 1. The first-order valence-corrected chi connectivity index (χ1v) is 7.24. The Labute approximate surface area is 148 Å². The van der Waals surface area contributed by atoms with E-state index in [9.17, 15) is 4.79 Å². The largest absolute Gasteiger partial charge is 0.398 e. The van der Waals surface area contributed by atoms with Gasteiger partial charge in [0, 0.05) is 29.8 Å². The number of aromatic nitrogens is 1. The SMILES string of the molecule is Cc1ccc(CC(=O)N2CCCc3c(N)cccc32)cn1.Cl.Cl. The van der Waals surface area contributed by atoms with Gasteiger partial charge >= 0.3 is 0 Å². The molecule has 4 nitrogen and oxygen atoms in total. The third-order valence-corrected chi connectivity index (χ3v) is 3.92. The van der Waals surface area contributed by atoms with Crippen LogP contribution in [0.5, 0.6) is 0 Å². The summed E-state index contributed by atoms with van der Waals surface area (Å²) in [6, 6.07) is 9.69.